The highest BCUT2D eigenvalue weighted by atomic mass is 35.5. The number of H-pyrrole nitrogens is 1. The zero-order valence-electron chi connectivity index (χ0n) is 15.4. The minimum absolute atomic E-state index is 0.00364. The summed E-state index contributed by atoms with van der Waals surface area (Å²) in [6.07, 6.45) is 9.23. The highest BCUT2D eigenvalue weighted by Gasteiger charge is 2.24. The van der Waals surface area contributed by atoms with Gasteiger partial charge in [-0.05, 0) is 25.0 Å². The first-order valence-corrected chi connectivity index (χ1v) is 11.0. The molecule has 1 saturated heterocycles. The van der Waals surface area contributed by atoms with Gasteiger partial charge in [0.25, 0.3) is 5.56 Å². The van der Waals surface area contributed by atoms with E-state index >= 15 is 0 Å². The fraction of sp³-hybridized carbons (Fsp3) is 0.368. The number of ether oxygens (including phenoxy) is 1. The topological polar surface area (TPSA) is 93.5 Å². The van der Waals surface area contributed by atoms with Gasteiger partial charge in [-0.1, -0.05) is 23.9 Å². The van der Waals surface area contributed by atoms with E-state index in [-0.39, 0.29) is 34.2 Å². The molecule has 1 N–H and O–H groups in total. The molecule has 0 atom stereocenters. The number of carbonyl (C=O) groups is 1. The molecule has 148 valence electrons. The number of halogens is 1. The summed E-state index contributed by atoms with van der Waals surface area (Å²) in [6.45, 7) is -0.0221. The second-order valence-electron chi connectivity index (χ2n) is 6.48. The van der Waals surface area contributed by atoms with Crippen molar-refractivity contribution in [2.24, 2.45) is 11.4 Å². The summed E-state index contributed by atoms with van der Waals surface area (Å²) < 4.78 is 24.2. The maximum Gasteiger partial charge on any atom is 0.277 e. The molecule has 0 aliphatic carbocycles. The number of terminal acetylenes is 1. The Morgan fingerprint density at radius 1 is 1.36 bits per heavy atom. The third kappa shape index (κ3) is 4.01. The lowest BCUT2D eigenvalue weighted by Crippen LogP contribution is -2.19. The molecule has 0 saturated carbocycles. The van der Waals surface area contributed by atoms with Crippen LogP contribution in [0.1, 0.15) is 35.2 Å². The molecule has 1 aliphatic heterocycles. The summed E-state index contributed by atoms with van der Waals surface area (Å²) in [4.78, 5) is 25.0. The van der Waals surface area contributed by atoms with Crippen molar-refractivity contribution in [3.63, 3.8) is 0 Å². The van der Waals surface area contributed by atoms with E-state index in [9.17, 15) is 13.8 Å². The zero-order chi connectivity index (χ0) is 20.3. The van der Waals surface area contributed by atoms with Crippen LogP contribution in [-0.2, 0) is 16.8 Å². The van der Waals surface area contributed by atoms with Gasteiger partial charge in [0.2, 0.25) is 5.78 Å². The summed E-state index contributed by atoms with van der Waals surface area (Å²) in [5, 5.41) is 2.65. The van der Waals surface area contributed by atoms with Crippen LogP contribution < -0.4 is 10.3 Å². The number of aryl methyl sites for hydroxylation is 1. The average molecular weight is 422 g/mol. The number of nitrogens with zero attached hydrogens (tertiary/aromatic N) is 2. The normalized spacial score (nSPS) is 15.6. The van der Waals surface area contributed by atoms with Crippen LogP contribution in [0.3, 0.4) is 0 Å². The van der Waals surface area contributed by atoms with Crippen molar-refractivity contribution in [2.75, 3.05) is 18.1 Å². The standard InChI is InChI=1S/C19H20ClN3O4S/c1-3-9-27-15-8-7-13(18(24)14-12-21-23(2)19(14)25)16(20)17(15)22-28(26)10-5-4-6-11-28/h1,7-8,12,21H,4-6,9-11H2,2H3. The van der Waals surface area contributed by atoms with Gasteiger partial charge < -0.3 is 9.84 Å². The van der Waals surface area contributed by atoms with Crippen LogP contribution in [0, 0.1) is 12.3 Å². The van der Waals surface area contributed by atoms with Gasteiger partial charge in [0.05, 0.1) is 14.8 Å². The first kappa shape index (κ1) is 20.2. The van der Waals surface area contributed by atoms with Crippen LogP contribution in [0.25, 0.3) is 0 Å². The third-order valence-electron chi connectivity index (χ3n) is 4.50. The molecular weight excluding hydrogens is 402 g/mol. The Kier molecular flexibility index (Phi) is 5.96. The van der Waals surface area contributed by atoms with Crippen molar-refractivity contribution in [3.8, 4) is 18.1 Å². The lowest BCUT2D eigenvalue weighted by molar-refractivity contribution is 0.103. The number of nitrogens with one attached hydrogen (secondary N) is 1. The van der Waals surface area contributed by atoms with Crippen LogP contribution in [-0.4, -0.2) is 37.9 Å². The Morgan fingerprint density at radius 2 is 2.07 bits per heavy atom. The largest absolute Gasteiger partial charge is 0.479 e. The number of carbonyl (C=O) groups excluding carboxylic acids is 1. The molecule has 2 aromatic rings. The maximum absolute atomic E-state index is 13.1. The van der Waals surface area contributed by atoms with E-state index in [1.54, 1.807) is 0 Å². The molecule has 0 bridgehead atoms. The van der Waals surface area contributed by atoms with E-state index in [4.69, 9.17) is 22.8 Å². The summed E-state index contributed by atoms with van der Waals surface area (Å²) >= 11 is 6.49. The molecule has 1 aromatic heterocycles. The van der Waals surface area contributed by atoms with Crippen LogP contribution in [0.15, 0.2) is 27.5 Å². The quantitative estimate of drug-likeness (QED) is 0.593. The predicted octanol–water partition coefficient (Wildman–Crippen LogP) is 2.89. The molecule has 28 heavy (non-hydrogen) atoms. The van der Waals surface area contributed by atoms with Gasteiger partial charge >= 0.3 is 0 Å². The van der Waals surface area contributed by atoms with Crippen LogP contribution >= 0.6 is 11.6 Å². The molecule has 0 radical (unpaired) electrons. The Labute approximate surface area is 168 Å². The first-order chi connectivity index (χ1) is 13.4. The highest BCUT2D eigenvalue weighted by Crippen LogP contribution is 2.40. The Morgan fingerprint density at radius 3 is 2.68 bits per heavy atom. The fourth-order valence-corrected chi connectivity index (χ4v) is 5.55. The number of hydrogen-bond donors (Lipinski definition) is 1. The second kappa shape index (κ2) is 8.25. The van der Waals surface area contributed by atoms with Crippen molar-refractivity contribution >= 4 is 32.8 Å². The molecule has 0 amide bonds. The maximum atomic E-state index is 13.1. The Hall–Kier alpha value is -2.50. The minimum Gasteiger partial charge on any atom is -0.479 e. The van der Waals surface area contributed by atoms with Gasteiger partial charge in [0.1, 0.15) is 23.6 Å². The molecule has 7 nitrogen and oxygen atoms in total. The Bertz CT molecular complexity index is 1120. The number of rotatable bonds is 5. The van der Waals surface area contributed by atoms with Gasteiger partial charge in [-0.3, -0.25) is 14.3 Å². The lowest BCUT2D eigenvalue weighted by Gasteiger charge is -2.17. The van der Waals surface area contributed by atoms with E-state index in [2.05, 4.69) is 15.4 Å². The van der Waals surface area contributed by atoms with Crippen molar-refractivity contribution in [2.45, 2.75) is 19.3 Å². The monoisotopic (exact) mass is 421 g/mol. The smallest absolute Gasteiger partial charge is 0.277 e. The summed E-state index contributed by atoms with van der Waals surface area (Å²) in [5.41, 5.74) is -0.286. The molecule has 0 unspecified atom stereocenters. The van der Waals surface area contributed by atoms with E-state index < -0.39 is 21.1 Å². The van der Waals surface area contributed by atoms with Gasteiger partial charge in [0, 0.05) is 30.3 Å². The van der Waals surface area contributed by atoms with E-state index in [1.807, 2.05) is 0 Å². The molecule has 9 heteroatoms. The zero-order valence-corrected chi connectivity index (χ0v) is 16.9. The average Bonchev–Trinajstić information content (AvgIpc) is 3.01. The lowest BCUT2D eigenvalue weighted by atomic mass is 10.1. The fourth-order valence-electron chi connectivity index (χ4n) is 3.01. The van der Waals surface area contributed by atoms with Gasteiger partial charge in [0.15, 0.2) is 0 Å². The summed E-state index contributed by atoms with van der Waals surface area (Å²) in [7, 11) is -0.993. The number of hydrogen-bond acceptors (Lipinski definition) is 5. The van der Waals surface area contributed by atoms with E-state index in [0.29, 0.717) is 11.5 Å². The number of aromatic amines is 1. The molecule has 1 fully saturated rings. The van der Waals surface area contributed by atoms with Crippen molar-refractivity contribution in [1.82, 2.24) is 9.78 Å². The summed E-state index contributed by atoms with van der Waals surface area (Å²) in [5.74, 6) is 3.00. The van der Waals surface area contributed by atoms with Gasteiger partial charge in [-0.2, -0.15) is 4.36 Å². The van der Waals surface area contributed by atoms with Gasteiger partial charge in [-0.15, -0.1) is 6.42 Å². The van der Waals surface area contributed by atoms with E-state index in [1.165, 1.54) is 30.1 Å². The minimum atomic E-state index is -2.50. The van der Waals surface area contributed by atoms with Crippen molar-refractivity contribution in [1.29, 1.82) is 0 Å². The van der Waals surface area contributed by atoms with Crippen molar-refractivity contribution in [3.05, 3.63) is 44.8 Å². The molecule has 0 spiro atoms. The molecule has 1 aliphatic rings. The third-order valence-corrected chi connectivity index (χ3v) is 7.25. The predicted molar refractivity (Wildman–Crippen MR) is 109 cm³/mol. The van der Waals surface area contributed by atoms with Crippen LogP contribution in [0.5, 0.6) is 5.75 Å². The molecular formula is C19H20ClN3O4S. The summed E-state index contributed by atoms with van der Waals surface area (Å²) in [6, 6.07) is 2.97. The van der Waals surface area contributed by atoms with E-state index in [0.717, 1.165) is 19.3 Å². The SMILES string of the molecule is C#CCOc1ccc(C(=O)c2c[nH]n(C)c2=O)c(Cl)c1N=S1(=O)CCCCC1. The molecule has 3 rings (SSSR count). The highest BCUT2D eigenvalue weighted by molar-refractivity contribution is 7.93. The van der Waals surface area contributed by atoms with Crippen LogP contribution in [0.2, 0.25) is 5.02 Å². The van der Waals surface area contributed by atoms with Crippen LogP contribution in [0.4, 0.5) is 5.69 Å². The second-order valence-corrected chi connectivity index (χ2v) is 9.40. The number of aromatic nitrogens is 2. The molecule has 2 heterocycles. The number of benzene rings is 1. The molecule has 1 aromatic carbocycles. The van der Waals surface area contributed by atoms with Crippen molar-refractivity contribution < 1.29 is 13.7 Å². The number of ketones is 1. The Balaban J connectivity index is 2.14. The first-order valence-electron chi connectivity index (χ1n) is 8.76. The van der Waals surface area contributed by atoms with Gasteiger partial charge in [-0.25, -0.2) is 4.21 Å².